The number of nitrogens with one attached hydrogen (secondary N) is 1. The zero-order valence-electron chi connectivity index (χ0n) is 13.1. The largest absolute Gasteiger partial charge is 0.339 e. The molecule has 1 saturated heterocycles. The minimum atomic E-state index is 0. The maximum atomic E-state index is 12.2. The van der Waals surface area contributed by atoms with Crippen molar-refractivity contribution in [3.63, 3.8) is 0 Å². The molecule has 23 heavy (non-hydrogen) atoms. The number of halogens is 3. The summed E-state index contributed by atoms with van der Waals surface area (Å²) in [5.41, 5.74) is 0. The van der Waals surface area contributed by atoms with Crippen molar-refractivity contribution in [1.82, 2.24) is 15.1 Å². The lowest BCUT2D eigenvalue weighted by molar-refractivity contribution is -0.132. The Bertz CT molecular complexity index is 513. The predicted octanol–water partition coefficient (Wildman–Crippen LogP) is 2.87. The van der Waals surface area contributed by atoms with Crippen molar-refractivity contribution in [2.45, 2.75) is 4.90 Å². The molecule has 1 aromatic rings. The van der Waals surface area contributed by atoms with Crippen LogP contribution >= 0.6 is 47.4 Å². The molecule has 0 unspecified atom stereocenters. The van der Waals surface area contributed by atoms with Crippen LogP contribution < -0.4 is 5.32 Å². The molecule has 8 heteroatoms. The van der Waals surface area contributed by atoms with Crippen molar-refractivity contribution >= 4 is 53.3 Å². The second kappa shape index (κ2) is 10.6. The predicted molar refractivity (Wildman–Crippen MR) is 101 cm³/mol. The van der Waals surface area contributed by atoms with Crippen LogP contribution in [0.15, 0.2) is 23.1 Å². The third-order valence-corrected chi connectivity index (χ3v) is 5.21. The van der Waals surface area contributed by atoms with E-state index in [4.69, 9.17) is 23.2 Å². The molecule has 1 aliphatic heterocycles. The molecule has 1 amide bonds. The molecule has 0 aromatic heterocycles. The molecular weight excluding hydrogens is 377 g/mol. The maximum Gasteiger partial charge on any atom is 0.236 e. The molecule has 0 saturated carbocycles. The third-order valence-electron chi connectivity index (χ3n) is 3.50. The van der Waals surface area contributed by atoms with Crippen LogP contribution in [0.4, 0.5) is 0 Å². The molecule has 1 fully saturated rings. The molecule has 1 heterocycles. The highest BCUT2D eigenvalue weighted by molar-refractivity contribution is 7.99. The van der Waals surface area contributed by atoms with E-state index in [1.807, 2.05) is 24.1 Å². The highest BCUT2D eigenvalue weighted by atomic mass is 35.5. The first-order valence-corrected chi connectivity index (χ1v) is 9.05. The number of hydrogen-bond acceptors (Lipinski definition) is 4. The van der Waals surface area contributed by atoms with Gasteiger partial charge in [-0.3, -0.25) is 9.69 Å². The minimum Gasteiger partial charge on any atom is -0.339 e. The first-order chi connectivity index (χ1) is 10.6. The molecule has 130 valence electrons. The van der Waals surface area contributed by atoms with E-state index in [-0.39, 0.29) is 18.3 Å². The van der Waals surface area contributed by atoms with Gasteiger partial charge < -0.3 is 10.2 Å². The average molecular weight is 399 g/mol. The Morgan fingerprint density at radius 1 is 1.35 bits per heavy atom. The quantitative estimate of drug-likeness (QED) is 0.747. The highest BCUT2D eigenvalue weighted by Crippen LogP contribution is 2.29. The van der Waals surface area contributed by atoms with Crippen molar-refractivity contribution < 1.29 is 4.79 Å². The molecule has 1 aromatic carbocycles. The normalized spacial score (nSPS) is 14.7. The lowest BCUT2D eigenvalue weighted by Crippen LogP contribution is -2.49. The van der Waals surface area contributed by atoms with Crippen LogP contribution in [0.25, 0.3) is 0 Å². The number of hydrogen-bond donors (Lipinski definition) is 1. The summed E-state index contributed by atoms with van der Waals surface area (Å²) in [6.07, 6.45) is 0. The number of rotatable bonds is 6. The minimum absolute atomic E-state index is 0. The Morgan fingerprint density at radius 2 is 2.04 bits per heavy atom. The van der Waals surface area contributed by atoms with Gasteiger partial charge in [0.15, 0.2) is 0 Å². The molecular formula is C15H22Cl3N3OS. The fourth-order valence-corrected chi connectivity index (χ4v) is 3.78. The summed E-state index contributed by atoms with van der Waals surface area (Å²) in [6.45, 7) is 4.67. The van der Waals surface area contributed by atoms with Gasteiger partial charge in [0.2, 0.25) is 5.91 Å². The summed E-state index contributed by atoms with van der Waals surface area (Å²) in [5.74, 6) is 1.07. The van der Waals surface area contributed by atoms with Crippen LogP contribution in [0, 0.1) is 0 Å². The number of nitrogens with zero attached hydrogens (tertiary/aromatic N) is 2. The van der Waals surface area contributed by atoms with E-state index in [9.17, 15) is 4.79 Å². The van der Waals surface area contributed by atoms with E-state index in [0.717, 1.165) is 43.4 Å². The second-order valence-electron chi connectivity index (χ2n) is 5.29. The number of benzene rings is 1. The Labute approximate surface area is 158 Å². The first kappa shape index (κ1) is 20.9. The zero-order chi connectivity index (χ0) is 15.9. The van der Waals surface area contributed by atoms with Gasteiger partial charge in [-0.1, -0.05) is 23.2 Å². The van der Waals surface area contributed by atoms with Gasteiger partial charge in [-0.15, -0.1) is 24.2 Å². The molecule has 1 aliphatic rings. The van der Waals surface area contributed by atoms with Crippen molar-refractivity contribution in [1.29, 1.82) is 0 Å². The zero-order valence-corrected chi connectivity index (χ0v) is 16.2. The topological polar surface area (TPSA) is 35.6 Å². The molecule has 0 bridgehead atoms. The summed E-state index contributed by atoms with van der Waals surface area (Å²) in [4.78, 5) is 17.1. The molecule has 2 rings (SSSR count). The molecule has 0 atom stereocenters. The first-order valence-electron chi connectivity index (χ1n) is 7.31. The maximum absolute atomic E-state index is 12.2. The van der Waals surface area contributed by atoms with E-state index in [1.165, 1.54) is 0 Å². The average Bonchev–Trinajstić information content (AvgIpc) is 2.51. The number of carbonyl (C=O) groups excluding carboxylic acids is 1. The van der Waals surface area contributed by atoms with Crippen LogP contribution in [0.1, 0.15) is 0 Å². The van der Waals surface area contributed by atoms with E-state index < -0.39 is 0 Å². The van der Waals surface area contributed by atoms with E-state index in [1.54, 1.807) is 17.8 Å². The van der Waals surface area contributed by atoms with Crippen LogP contribution in [0.2, 0.25) is 10.0 Å². The summed E-state index contributed by atoms with van der Waals surface area (Å²) in [6, 6.07) is 5.47. The van der Waals surface area contributed by atoms with Crippen LogP contribution in [-0.4, -0.2) is 67.8 Å². The second-order valence-corrected chi connectivity index (χ2v) is 7.27. The van der Waals surface area contributed by atoms with Gasteiger partial charge in [-0.05, 0) is 25.2 Å². The number of carbonyl (C=O) groups is 1. The monoisotopic (exact) mass is 397 g/mol. The van der Waals surface area contributed by atoms with Gasteiger partial charge in [0.1, 0.15) is 0 Å². The Hall–Kier alpha value is -0.170. The Balaban J connectivity index is 0.00000264. The third kappa shape index (κ3) is 7.08. The molecule has 4 nitrogen and oxygen atoms in total. The van der Waals surface area contributed by atoms with Crippen molar-refractivity contribution in [3.8, 4) is 0 Å². The highest BCUT2D eigenvalue weighted by Gasteiger charge is 2.17. The Kier molecular flexibility index (Phi) is 9.66. The molecule has 0 aliphatic carbocycles. The summed E-state index contributed by atoms with van der Waals surface area (Å²) in [7, 11) is 1.97. The van der Waals surface area contributed by atoms with Gasteiger partial charge >= 0.3 is 0 Å². The van der Waals surface area contributed by atoms with Crippen LogP contribution in [-0.2, 0) is 4.79 Å². The van der Waals surface area contributed by atoms with E-state index in [0.29, 0.717) is 16.6 Å². The fraction of sp³-hybridized carbons (Fsp3) is 0.533. The summed E-state index contributed by atoms with van der Waals surface area (Å²) < 4.78 is 0. The fourth-order valence-electron chi connectivity index (χ4n) is 2.22. The number of amides is 1. The van der Waals surface area contributed by atoms with Crippen LogP contribution in [0.5, 0.6) is 0 Å². The van der Waals surface area contributed by atoms with Gasteiger partial charge in [0.25, 0.3) is 0 Å². The number of piperazine rings is 1. The molecule has 0 radical (unpaired) electrons. The standard InChI is InChI=1S/C15H21Cl2N3OS.ClH/c1-19(11-15(21)20-6-4-18-5-7-20)8-9-22-14-10-12(16)2-3-13(14)17;/h2-3,10,18H,4-9,11H2,1H3;1H. The van der Waals surface area contributed by atoms with E-state index >= 15 is 0 Å². The number of likely N-dealkylation sites (N-methyl/N-ethyl adjacent to an activating group) is 1. The van der Waals surface area contributed by atoms with Crippen LogP contribution in [0.3, 0.4) is 0 Å². The van der Waals surface area contributed by atoms with Gasteiger partial charge in [-0.2, -0.15) is 0 Å². The SMILES string of the molecule is CN(CCSc1cc(Cl)ccc1Cl)CC(=O)N1CCNCC1.Cl. The lowest BCUT2D eigenvalue weighted by Gasteiger charge is -2.29. The smallest absolute Gasteiger partial charge is 0.236 e. The van der Waals surface area contributed by atoms with Crippen molar-refractivity contribution in [2.24, 2.45) is 0 Å². The van der Waals surface area contributed by atoms with Gasteiger partial charge in [0, 0.05) is 48.4 Å². The van der Waals surface area contributed by atoms with Gasteiger partial charge in [-0.25, -0.2) is 0 Å². The molecule has 0 spiro atoms. The van der Waals surface area contributed by atoms with Crippen molar-refractivity contribution in [2.75, 3.05) is 52.1 Å². The summed E-state index contributed by atoms with van der Waals surface area (Å²) >= 11 is 13.8. The lowest BCUT2D eigenvalue weighted by atomic mass is 10.3. The van der Waals surface area contributed by atoms with Crippen molar-refractivity contribution in [3.05, 3.63) is 28.2 Å². The van der Waals surface area contributed by atoms with Gasteiger partial charge in [0.05, 0.1) is 11.6 Å². The molecule has 1 N–H and O–H groups in total. The number of thioether (sulfide) groups is 1. The summed E-state index contributed by atoms with van der Waals surface area (Å²) in [5, 5.41) is 4.66. The van der Waals surface area contributed by atoms with E-state index in [2.05, 4.69) is 10.2 Å². The Morgan fingerprint density at radius 3 is 2.74 bits per heavy atom.